The maximum Gasteiger partial charge on any atom is 0.233 e. The molecule has 1 amide bonds. The first kappa shape index (κ1) is 16.3. The second-order valence-corrected chi connectivity index (χ2v) is 9.23. The molecule has 0 saturated heterocycles. The van der Waals surface area contributed by atoms with Crippen LogP contribution in [-0.2, 0) is 17.6 Å². The number of nitrogens with one attached hydrogen (secondary N) is 1. The van der Waals surface area contributed by atoms with Gasteiger partial charge in [0, 0.05) is 16.3 Å². The molecule has 0 spiro atoms. The number of nitrogens with zero attached hydrogens (tertiary/aromatic N) is 2. The number of fused-ring (bicyclic) bond motifs is 3. The lowest BCUT2D eigenvalue weighted by atomic mass is 9.95. The number of rotatable bonds is 4. The van der Waals surface area contributed by atoms with Gasteiger partial charge in [-0.25, -0.2) is 9.97 Å². The largest absolute Gasteiger partial charge is 0.352 e. The van der Waals surface area contributed by atoms with Crippen LogP contribution in [0.5, 0.6) is 0 Å². The van der Waals surface area contributed by atoms with E-state index in [2.05, 4.69) is 15.3 Å². The third-order valence-electron chi connectivity index (χ3n) is 5.08. The van der Waals surface area contributed by atoms with Gasteiger partial charge in [0.2, 0.25) is 5.91 Å². The summed E-state index contributed by atoms with van der Waals surface area (Å²) in [5, 5.41) is 5.29. The number of carbonyl (C=O) groups excluding carboxylic acids is 1. The van der Waals surface area contributed by atoms with Crippen molar-refractivity contribution in [3.63, 3.8) is 0 Å². The van der Waals surface area contributed by atoms with Gasteiger partial charge in [0.25, 0.3) is 0 Å². The minimum absolute atomic E-state index is 0.123. The molecule has 0 aromatic carbocycles. The Bertz CT molecular complexity index is 752. The average Bonchev–Trinajstić information content (AvgIpc) is 3.16. The molecule has 2 aliphatic carbocycles. The number of carbonyl (C=O) groups is 1. The zero-order valence-corrected chi connectivity index (χ0v) is 15.6. The van der Waals surface area contributed by atoms with Crippen molar-refractivity contribution in [2.24, 2.45) is 0 Å². The second-order valence-electron chi connectivity index (χ2n) is 6.82. The van der Waals surface area contributed by atoms with E-state index in [1.165, 1.54) is 41.5 Å². The number of aryl methyl sites for hydroxylation is 2. The normalized spacial score (nSPS) is 19.4. The van der Waals surface area contributed by atoms with E-state index in [4.69, 9.17) is 0 Å². The summed E-state index contributed by atoms with van der Waals surface area (Å²) in [5.74, 6) is 0.144. The third-order valence-corrected chi connectivity index (χ3v) is 7.38. The molecule has 1 fully saturated rings. The van der Waals surface area contributed by atoms with E-state index in [1.807, 2.05) is 6.92 Å². The number of aromatic nitrogens is 2. The molecule has 2 aliphatic rings. The number of thiophene rings is 1. The molecule has 4 rings (SSSR count). The molecular weight excluding hydrogens is 338 g/mol. The molecule has 2 heterocycles. The summed E-state index contributed by atoms with van der Waals surface area (Å²) >= 11 is 3.38. The molecule has 1 atom stereocenters. The van der Waals surface area contributed by atoms with E-state index in [0.717, 1.165) is 35.5 Å². The van der Waals surface area contributed by atoms with Gasteiger partial charge >= 0.3 is 0 Å². The standard InChI is InChI=1S/C18H23N3OS2/c1-11(16(22)21-12-6-3-2-4-7-12)23-17-15-13-8-5-9-14(13)24-18(15)20-10-19-17/h10-12H,2-9H2,1H3,(H,21,22). The van der Waals surface area contributed by atoms with E-state index in [9.17, 15) is 4.79 Å². The maximum absolute atomic E-state index is 12.6. The lowest BCUT2D eigenvalue weighted by Gasteiger charge is -2.24. The van der Waals surface area contributed by atoms with Crippen molar-refractivity contribution in [1.29, 1.82) is 0 Å². The number of hydrogen-bond acceptors (Lipinski definition) is 5. The van der Waals surface area contributed by atoms with Crippen molar-refractivity contribution in [2.75, 3.05) is 0 Å². The van der Waals surface area contributed by atoms with Crippen LogP contribution in [0.15, 0.2) is 11.4 Å². The molecule has 128 valence electrons. The molecule has 2 aromatic heterocycles. The molecule has 2 aromatic rings. The van der Waals surface area contributed by atoms with Crippen LogP contribution in [0.4, 0.5) is 0 Å². The predicted octanol–water partition coefficient (Wildman–Crippen LogP) is 4.11. The van der Waals surface area contributed by atoms with Gasteiger partial charge in [0.1, 0.15) is 16.2 Å². The van der Waals surface area contributed by atoms with Crippen molar-refractivity contribution < 1.29 is 4.79 Å². The SMILES string of the molecule is CC(Sc1ncnc2sc3c(c12)CCC3)C(=O)NC1CCCCC1. The topological polar surface area (TPSA) is 54.9 Å². The third kappa shape index (κ3) is 3.18. The van der Waals surface area contributed by atoms with Crippen molar-refractivity contribution in [3.05, 3.63) is 16.8 Å². The Morgan fingerprint density at radius 3 is 2.92 bits per heavy atom. The Morgan fingerprint density at radius 2 is 2.08 bits per heavy atom. The molecule has 6 heteroatoms. The highest BCUT2D eigenvalue weighted by atomic mass is 32.2. The summed E-state index contributed by atoms with van der Waals surface area (Å²) in [6.07, 6.45) is 11.2. The fourth-order valence-electron chi connectivity index (χ4n) is 3.78. The van der Waals surface area contributed by atoms with Gasteiger partial charge in [-0.3, -0.25) is 4.79 Å². The van der Waals surface area contributed by atoms with Crippen LogP contribution in [0.3, 0.4) is 0 Å². The fourth-order valence-corrected chi connectivity index (χ4v) is 6.02. The summed E-state index contributed by atoms with van der Waals surface area (Å²) in [7, 11) is 0. The Hall–Kier alpha value is -1.14. The Balaban J connectivity index is 1.50. The van der Waals surface area contributed by atoms with Crippen molar-refractivity contribution in [2.45, 2.75) is 74.6 Å². The van der Waals surface area contributed by atoms with Crippen LogP contribution < -0.4 is 5.32 Å². The number of amides is 1. The minimum Gasteiger partial charge on any atom is -0.352 e. The maximum atomic E-state index is 12.6. The van der Waals surface area contributed by atoms with Crippen molar-refractivity contribution >= 4 is 39.2 Å². The first-order valence-corrected chi connectivity index (χ1v) is 10.6. The smallest absolute Gasteiger partial charge is 0.233 e. The lowest BCUT2D eigenvalue weighted by molar-refractivity contribution is -0.121. The zero-order chi connectivity index (χ0) is 16.5. The van der Waals surface area contributed by atoms with E-state index >= 15 is 0 Å². The first-order chi connectivity index (χ1) is 11.7. The second kappa shape index (κ2) is 7.00. The van der Waals surface area contributed by atoms with Crippen LogP contribution >= 0.6 is 23.1 Å². The monoisotopic (exact) mass is 361 g/mol. The van der Waals surface area contributed by atoms with Gasteiger partial charge < -0.3 is 5.32 Å². The van der Waals surface area contributed by atoms with Crippen molar-refractivity contribution in [1.82, 2.24) is 15.3 Å². The van der Waals surface area contributed by atoms with Gasteiger partial charge in [0.05, 0.1) is 5.25 Å². The quantitative estimate of drug-likeness (QED) is 0.658. The van der Waals surface area contributed by atoms with Gasteiger partial charge in [-0.1, -0.05) is 31.0 Å². The van der Waals surface area contributed by atoms with Gasteiger partial charge in [-0.2, -0.15) is 0 Å². The van der Waals surface area contributed by atoms with Gasteiger partial charge in [-0.05, 0) is 44.6 Å². The fraction of sp³-hybridized carbons (Fsp3) is 0.611. The number of hydrogen-bond donors (Lipinski definition) is 1. The summed E-state index contributed by atoms with van der Waals surface area (Å²) in [4.78, 5) is 24.0. The summed E-state index contributed by atoms with van der Waals surface area (Å²) < 4.78 is 0. The van der Waals surface area contributed by atoms with Gasteiger partial charge in [-0.15, -0.1) is 11.3 Å². The molecular formula is C18H23N3OS2. The Morgan fingerprint density at radius 1 is 1.25 bits per heavy atom. The Labute approximate surface area is 150 Å². The zero-order valence-electron chi connectivity index (χ0n) is 14.0. The highest BCUT2D eigenvalue weighted by Crippen LogP contribution is 2.40. The van der Waals surface area contributed by atoms with Gasteiger partial charge in [0.15, 0.2) is 0 Å². The van der Waals surface area contributed by atoms with E-state index in [0.29, 0.717) is 6.04 Å². The van der Waals surface area contributed by atoms with Crippen LogP contribution in [0.2, 0.25) is 0 Å². The molecule has 1 saturated carbocycles. The average molecular weight is 362 g/mol. The summed E-state index contributed by atoms with van der Waals surface area (Å²) in [6, 6.07) is 0.366. The van der Waals surface area contributed by atoms with E-state index in [1.54, 1.807) is 29.4 Å². The minimum atomic E-state index is -0.123. The molecule has 0 bridgehead atoms. The van der Waals surface area contributed by atoms with Crippen LogP contribution in [0, 0.1) is 0 Å². The van der Waals surface area contributed by atoms with Crippen LogP contribution in [0.1, 0.15) is 55.9 Å². The highest BCUT2D eigenvalue weighted by Gasteiger charge is 2.25. The van der Waals surface area contributed by atoms with Crippen molar-refractivity contribution in [3.8, 4) is 0 Å². The molecule has 1 unspecified atom stereocenters. The number of thioether (sulfide) groups is 1. The molecule has 0 radical (unpaired) electrons. The summed E-state index contributed by atoms with van der Waals surface area (Å²) in [6.45, 7) is 1.99. The molecule has 1 N–H and O–H groups in total. The Kier molecular flexibility index (Phi) is 4.77. The highest BCUT2D eigenvalue weighted by molar-refractivity contribution is 8.00. The first-order valence-electron chi connectivity index (χ1n) is 8.94. The predicted molar refractivity (Wildman–Crippen MR) is 99.8 cm³/mol. The molecule has 0 aliphatic heterocycles. The van der Waals surface area contributed by atoms with E-state index < -0.39 is 0 Å². The lowest BCUT2D eigenvalue weighted by Crippen LogP contribution is -2.40. The van der Waals surface area contributed by atoms with Crippen LogP contribution in [-0.4, -0.2) is 27.2 Å². The molecule has 4 nitrogen and oxygen atoms in total. The van der Waals surface area contributed by atoms with Crippen LogP contribution in [0.25, 0.3) is 10.2 Å². The summed E-state index contributed by atoms with van der Waals surface area (Å²) in [5.41, 5.74) is 1.43. The van der Waals surface area contributed by atoms with E-state index in [-0.39, 0.29) is 11.2 Å². The molecule has 24 heavy (non-hydrogen) atoms.